The molecule has 2 aliphatic carbocycles. The lowest BCUT2D eigenvalue weighted by molar-refractivity contribution is -0.274. The fourth-order valence-corrected chi connectivity index (χ4v) is 4.49. The Hall–Kier alpha value is -3.03. The minimum absolute atomic E-state index is 0.207. The van der Waals surface area contributed by atoms with E-state index in [0.29, 0.717) is 43.1 Å². The van der Waals surface area contributed by atoms with Gasteiger partial charge in [0.1, 0.15) is 11.3 Å². The molecule has 0 radical (unpaired) electrons. The van der Waals surface area contributed by atoms with Gasteiger partial charge in [-0.3, -0.25) is 0 Å². The molecule has 1 spiro atoms. The standard InChI is InChI=1S/C21H18F3NO4/c22-21(23,24)29-17-4-2-1-3-15(17)14-6-5-13-7-8-19(9-10-19)20(12-26,16(13)11-14)25-18(27)28/h1-6,11-12,25H,7-10H2,(H,27,28)/t20-/m1/s1. The van der Waals surface area contributed by atoms with Gasteiger partial charge in [-0.15, -0.1) is 13.2 Å². The van der Waals surface area contributed by atoms with Crippen LogP contribution in [0.3, 0.4) is 0 Å². The van der Waals surface area contributed by atoms with Gasteiger partial charge < -0.3 is 20.0 Å². The van der Waals surface area contributed by atoms with Crippen LogP contribution in [0.1, 0.15) is 30.4 Å². The summed E-state index contributed by atoms with van der Waals surface area (Å²) in [6.45, 7) is 0. The Kier molecular flexibility index (Phi) is 4.33. The Morgan fingerprint density at radius 1 is 1.14 bits per heavy atom. The lowest BCUT2D eigenvalue weighted by atomic mass is 9.66. The van der Waals surface area contributed by atoms with Gasteiger partial charge in [0.05, 0.1) is 0 Å². The third kappa shape index (κ3) is 3.22. The topological polar surface area (TPSA) is 75.6 Å². The van der Waals surface area contributed by atoms with Gasteiger partial charge in [-0.2, -0.15) is 0 Å². The SMILES string of the molecule is O=C[C@@]1(NC(=O)O)c2cc(-c3ccccc3OC(F)(F)F)ccc2CCC12CC2. The summed E-state index contributed by atoms with van der Waals surface area (Å²) < 4.78 is 42.5. The van der Waals surface area contributed by atoms with Crippen molar-refractivity contribution in [2.75, 3.05) is 0 Å². The van der Waals surface area contributed by atoms with Gasteiger partial charge in [0.25, 0.3) is 0 Å². The minimum atomic E-state index is -4.85. The predicted molar refractivity (Wildman–Crippen MR) is 97.5 cm³/mol. The molecule has 1 amide bonds. The van der Waals surface area contributed by atoms with Gasteiger partial charge in [-0.25, -0.2) is 4.79 Å². The van der Waals surface area contributed by atoms with Crippen LogP contribution in [0.25, 0.3) is 11.1 Å². The number of carboxylic acid groups (broad SMARTS) is 1. The number of rotatable bonds is 4. The summed E-state index contributed by atoms with van der Waals surface area (Å²) in [5.74, 6) is -0.361. The van der Waals surface area contributed by atoms with Crippen LogP contribution < -0.4 is 10.1 Å². The summed E-state index contributed by atoms with van der Waals surface area (Å²) in [5, 5.41) is 11.8. The van der Waals surface area contributed by atoms with E-state index in [-0.39, 0.29) is 11.3 Å². The maximum atomic E-state index is 12.8. The molecule has 2 aliphatic rings. The molecule has 0 aliphatic heterocycles. The Morgan fingerprint density at radius 2 is 1.86 bits per heavy atom. The molecule has 2 N–H and O–H groups in total. The quantitative estimate of drug-likeness (QED) is 0.727. The van der Waals surface area contributed by atoms with Crippen molar-refractivity contribution in [2.24, 2.45) is 5.41 Å². The first kappa shape index (κ1) is 19.3. The Labute approximate surface area is 164 Å². The maximum Gasteiger partial charge on any atom is 0.573 e. The highest BCUT2D eigenvalue weighted by molar-refractivity contribution is 5.82. The van der Waals surface area contributed by atoms with Crippen LogP contribution >= 0.6 is 0 Å². The van der Waals surface area contributed by atoms with Gasteiger partial charge in [0, 0.05) is 11.0 Å². The number of hydrogen-bond acceptors (Lipinski definition) is 3. The third-order valence-electron chi connectivity index (χ3n) is 6.00. The normalized spacial score (nSPS) is 21.9. The van der Waals surface area contributed by atoms with Gasteiger partial charge in [0.2, 0.25) is 0 Å². The van der Waals surface area contributed by atoms with Crippen LogP contribution in [0.2, 0.25) is 0 Å². The molecule has 0 saturated heterocycles. The molecule has 2 aromatic rings. The van der Waals surface area contributed by atoms with Gasteiger partial charge in [-0.05, 0) is 54.5 Å². The lowest BCUT2D eigenvalue weighted by Crippen LogP contribution is -2.55. The van der Waals surface area contributed by atoms with E-state index in [0.717, 1.165) is 5.56 Å². The van der Waals surface area contributed by atoms with E-state index in [1.807, 2.05) is 0 Å². The van der Waals surface area contributed by atoms with E-state index in [1.165, 1.54) is 18.2 Å². The molecule has 8 heteroatoms. The van der Waals surface area contributed by atoms with Crippen molar-refractivity contribution in [3.8, 4) is 16.9 Å². The monoisotopic (exact) mass is 405 g/mol. The minimum Gasteiger partial charge on any atom is -0.465 e. The highest BCUT2D eigenvalue weighted by Crippen LogP contribution is 2.63. The van der Waals surface area contributed by atoms with Crippen molar-refractivity contribution in [3.63, 3.8) is 0 Å². The number of aldehydes is 1. The number of carbonyl (C=O) groups is 2. The molecule has 1 saturated carbocycles. The highest BCUT2D eigenvalue weighted by Gasteiger charge is 2.63. The number of aryl methyl sites for hydroxylation is 1. The van der Waals surface area contributed by atoms with Crippen molar-refractivity contribution in [3.05, 3.63) is 53.6 Å². The third-order valence-corrected chi connectivity index (χ3v) is 6.00. The Balaban J connectivity index is 1.86. The van der Waals surface area contributed by atoms with Crippen LogP contribution in [-0.2, 0) is 16.8 Å². The maximum absolute atomic E-state index is 12.8. The zero-order valence-electron chi connectivity index (χ0n) is 15.3. The number of carbonyl (C=O) groups excluding carboxylic acids is 1. The molecular weight excluding hydrogens is 387 g/mol. The molecule has 4 rings (SSSR count). The molecule has 2 aromatic carbocycles. The van der Waals surface area contributed by atoms with Crippen molar-refractivity contribution in [2.45, 2.75) is 37.6 Å². The van der Waals surface area contributed by atoms with E-state index in [2.05, 4.69) is 10.1 Å². The number of fused-ring (bicyclic) bond motifs is 1. The molecule has 0 bridgehead atoms. The first-order valence-corrected chi connectivity index (χ1v) is 9.16. The molecule has 0 aromatic heterocycles. The first-order valence-electron chi connectivity index (χ1n) is 9.16. The number of nitrogens with one attached hydrogen (secondary N) is 1. The van der Waals surface area contributed by atoms with E-state index in [1.54, 1.807) is 24.3 Å². The highest BCUT2D eigenvalue weighted by atomic mass is 19.4. The average molecular weight is 405 g/mol. The van der Waals surface area contributed by atoms with Crippen LogP contribution in [0.15, 0.2) is 42.5 Å². The molecule has 0 heterocycles. The van der Waals surface area contributed by atoms with E-state index >= 15 is 0 Å². The zero-order valence-corrected chi connectivity index (χ0v) is 15.3. The molecule has 29 heavy (non-hydrogen) atoms. The summed E-state index contributed by atoms with van der Waals surface area (Å²) in [4.78, 5) is 23.7. The Morgan fingerprint density at radius 3 is 2.48 bits per heavy atom. The fourth-order valence-electron chi connectivity index (χ4n) is 4.49. The number of ether oxygens (including phenoxy) is 1. The summed E-state index contributed by atoms with van der Waals surface area (Å²) in [7, 11) is 0. The number of benzene rings is 2. The predicted octanol–water partition coefficient (Wildman–Crippen LogP) is 4.64. The summed E-state index contributed by atoms with van der Waals surface area (Å²) in [6, 6.07) is 10.7. The number of halogens is 3. The second-order valence-electron chi connectivity index (χ2n) is 7.55. The second-order valence-corrected chi connectivity index (χ2v) is 7.55. The van der Waals surface area contributed by atoms with Crippen LogP contribution in [0.4, 0.5) is 18.0 Å². The second kappa shape index (κ2) is 6.50. The molecule has 0 unspecified atom stereocenters. The van der Waals surface area contributed by atoms with E-state index in [4.69, 9.17) is 0 Å². The number of alkyl halides is 3. The largest absolute Gasteiger partial charge is 0.573 e. The molecule has 1 fully saturated rings. The number of para-hydroxylation sites is 1. The molecule has 5 nitrogen and oxygen atoms in total. The molecule has 1 atom stereocenters. The smallest absolute Gasteiger partial charge is 0.465 e. The first-order chi connectivity index (χ1) is 13.7. The summed E-state index contributed by atoms with van der Waals surface area (Å²) in [6.07, 6.45) is -2.76. The van der Waals surface area contributed by atoms with Gasteiger partial charge in [0.15, 0.2) is 6.29 Å². The summed E-state index contributed by atoms with van der Waals surface area (Å²) in [5.41, 5.74) is 0.0282. The van der Waals surface area contributed by atoms with E-state index in [9.17, 15) is 27.9 Å². The average Bonchev–Trinajstić information content (AvgIpc) is 3.44. The van der Waals surface area contributed by atoms with Crippen LogP contribution in [0, 0.1) is 5.41 Å². The van der Waals surface area contributed by atoms with Crippen molar-refractivity contribution < 1.29 is 32.6 Å². The molecular formula is C21H18F3NO4. The van der Waals surface area contributed by atoms with Crippen LogP contribution in [0.5, 0.6) is 5.75 Å². The van der Waals surface area contributed by atoms with Crippen molar-refractivity contribution in [1.29, 1.82) is 0 Å². The van der Waals surface area contributed by atoms with Gasteiger partial charge in [-0.1, -0.05) is 30.3 Å². The molecule has 152 valence electrons. The van der Waals surface area contributed by atoms with Crippen LogP contribution in [-0.4, -0.2) is 23.8 Å². The fraction of sp³-hybridized carbons (Fsp3) is 0.333. The zero-order chi connectivity index (χ0) is 20.9. The Bertz CT molecular complexity index is 984. The van der Waals surface area contributed by atoms with Gasteiger partial charge >= 0.3 is 12.5 Å². The van der Waals surface area contributed by atoms with Crippen molar-refractivity contribution >= 4 is 12.4 Å². The number of hydrogen-bond donors (Lipinski definition) is 2. The van der Waals surface area contributed by atoms with Crippen molar-refractivity contribution in [1.82, 2.24) is 5.32 Å². The van der Waals surface area contributed by atoms with E-state index < -0.39 is 23.4 Å². The lowest BCUT2D eigenvalue weighted by Gasteiger charge is -2.42. The number of amides is 1. The summed E-state index contributed by atoms with van der Waals surface area (Å²) >= 11 is 0.